The number of aromatic nitrogens is 1. The molecule has 0 bridgehead atoms. The maximum Gasteiger partial charge on any atom is 0.326 e. The number of halogens is 2. The number of carboxylic acid groups (broad SMARTS) is 1. The van der Waals surface area contributed by atoms with Crippen LogP contribution in [0.1, 0.15) is 11.7 Å². The first-order valence-corrected chi connectivity index (χ1v) is 6.52. The number of carboxylic acids is 1. The lowest BCUT2D eigenvalue weighted by Crippen LogP contribution is -2.20. The highest BCUT2D eigenvalue weighted by atomic mass is 35.5. The van der Waals surface area contributed by atoms with Crippen LogP contribution >= 0.6 is 34.5 Å². The van der Waals surface area contributed by atoms with Crippen molar-refractivity contribution in [2.24, 2.45) is 5.73 Å². The minimum atomic E-state index is -1.12. The number of hydrogen-bond donors (Lipinski definition) is 2. The Kier molecular flexibility index (Phi) is 3.87. The summed E-state index contributed by atoms with van der Waals surface area (Å²) in [5, 5.41) is 12.0. The van der Waals surface area contributed by atoms with Crippen molar-refractivity contribution < 1.29 is 9.90 Å². The van der Waals surface area contributed by atoms with E-state index in [1.165, 1.54) is 11.3 Å². The van der Waals surface area contributed by atoms with Crippen molar-refractivity contribution in [3.05, 3.63) is 39.3 Å². The molecule has 1 aromatic carbocycles. The zero-order valence-electron chi connectivity index (χ0n) is 8.93. The molecule has 7 heteroatoms. The predicted molar refractivity (Wildman–Crippen MR) is 72.1 cm³/mol. The normalized spacial score (nSPS) is 12.4. The molecule has 1 heterocycles. The first-order valence-electron chi connectivity index (χ1n) is 4.88. The third-order valence-electron chi connectivity index (χ3n) is 2.27. The number of thiazole rings is 1. The Balaban J connectivity index is 2.38. The Morgan fingerprint density at radius 2 is 2.17 bits per heavy atom. The molecule has 3 N–H and O–H groups in total. The van der Waals surface area contributed by atoms with Crippen LogP contribution in [0.15, 0.2) is 23.6 Å². The van der Waals surface area contributed by atoms with Gasteiger partial charge in [0.1, 0.15) is 11.0 Å². The molecule has 0 radical (unpaired) electrons. The zero-order valence-corrected chi connectivity index (χ0v) is 11.3. The van der Waals surface area contributed by atoms with E-state index in [-0.39, 0.29) is 0 Å². The summed E-state index contributed by atoms with van der Waals surface area (Å²) in [4.78, 5) is 14.9. The molecule has 2 rings (SSSR count). The maximum atomic E-state index is 10.8. The summed E-state index contributed by atoms with van der Waals surface area (Å²) in [6, 6.07) is 3.91. The molecule has 0 saturated carbocycles. The molecular formula is C11H8Cl2N2O2S. The second-order valence-corrected chi connectivity index (χ2v) is 5.22. The molecule has 2 aromatic rings. The molecule has 94 valence electrons. The molecule has 0 aliphatic carbocycles. The van der Waals surface area contributed by atoms with Crippen molar-refractivity contribution >= 4 is 40.5 Å². The van der Waals surface area contributed by atoms with Crippen molar-refractivity contribution in [3.8, 4) is 10.6 Å². The quantitative estimate of drug-likeness (QED) is 0.913. The maximum absolute atomic E-state index is 10.8. The second-order valence-electron chi connectivity index (χ2n) is 3.52. The summed E-state index contributed by atoms with van der Waals surface area (Å²) in [6.07, 6.45) is 0. The lowest BCUT2D eigenvalue weighted by Gasteiger charge is -2.02. The van der Waals surface area contributed by atoms with Gasteiger partial charge in [-0.2, -0.15) is 0 Å². The Hall–Kier alpha value is -1.14. The SMILES string of the molecule is NC(C(=O)O)c1csc(-c2ccc(Cl)cc2Cl)n1. The summed E-state index contributed by atoms with van der Waals surface area (Å²) in [5.74, 6) is -1.12. The van der Waals surface area contributed by atoms with Crippen molar-refractivity contribution in [1.29, 1.82) is 0 Å². The van der Waals surface area contributed by atoms with Crippen LogP contribution in [0.25, 0.3) is 10.6 Å². The van der Waals surface area contributed by atoms with E-state index in [1.807, 2.05) is 0 Å². The monoisotopic (exact) mass is 302 g/mol. The molecule has 0 fully saturated rings. The van der Waals surface area contributed by atoms with Crippen LogP contribution in [0, 0.1) is 0 Å². The Morgan fingerprint density at radius 3 is 2.78 bits per heavy atom. The lowest BCUT2D eigenvalue weighted by atomic mass is 10.2. The Morgan fingerprint density at radius 1 is 1.44 bits per heavy atom. The molecule has 4 nitrogen and oxygen atoms in total. The third kappa shape index (κ3) is 2.64. The molecule has 0 saturated heterocycles. The third-order valence-corrected chi connectivity index (χ3v) is 3.71. The van der Waals surface area contributed by atoms with Crippen LogP contribution < -0.4 is 5.73 Å². The van der Waals surface area contributed by atoms with E-state index in [4.69, 9.17) is 34.0 Å². The van der Waals surface area contributed by atoms with E-state index in [2.05, 4.69) is 4.98 Å². The minimum absolute atomic E-state index is 0.313. The fraction of sp³-hybridized carbons (Fsp3) is 0.0909. The molecule has 0 spiro atoms. The number of carbonyl (C=O) groups is 1. The van der Waals surface area contributed by atoms with Gasteiger partial charge < -0.3 is 10.8 Å². The minimum Gasteiger partial charge on any atom is -0.480 e. The van der Waals surface area contributed by atoms with Crippen LogP contribution in [-0.4, -0.2) is 16.1 Å². The second kappa shape index (κ2) is 5.24. The van der Waals surface area contributed by atoms with Crippen LogP contribution in [-0.2, 0) is 4.79 Å². The van der Waals surface area contributed by atoms with Gasteiger partial charge >= 0.3 is 5.97 Å². The van der Waals surface area contributed by atoms with E-state index in [0.717, 1.165) is 0 Å². The van der Waals surface area contributed by atoms with E-state index in [1.54, 1.807) is 23.6 Å². The number of nitrogens with two attached hydrogens (primary N) is 1. The zero-order chi connectivity index (χ0) is 13.3. The van der Waals surface area contributed by atoms with Gasteiger partial charge in [-0.1, -0.05) is 23.2 Å². The van der Waals surface area contributed by atoms with Gasteiger partial charge in [-0.25, -0.2) is 4.98 Å². The van der Waals surface area contributed by atoms with Gasteiger partial charge in [0, 0.05) is 16.0 Å². The Labute approximate surface area is 117 Å². The summed E-state index contributed by atoms with van der Waals surface area (Å²) in [7, 11) is 0. The van der Waals surface area contributed by atoms with E-state index >= 15 is 0 Å². The number of rotatable bonds is 3. The van der Waals surface area contributed by atoms with Crippen LogP contribution in [0.2, 0.25) is 10.0 Å². The number of nitrogens with zero attached hydrogens (tertiary/aromatic N) is 1. The first kappa shape index (κ1) is 13.3. The van der Waals surface area contributed by atoms with Crippen molar-refractivity contribution in [3.63, 3.8) is 0 Å². The van der Waals surface area contributed by atoms with Crippen LogP contribution in [0.5, 0.6) is 0 Å². The fourth-order valence-corrected chi connectivity index (χ4v) is 2.79. The van der Waals surface area contributed by atoms with Gasteiger partial charge in [-0.15, -0.1) is 11.3 Å². The van der Waals surface area contributed by atoms with Gasteiger partial charge in [0.15, 0.2) is 0 Å². The van der Waals surface area contributed by atoms with Crippen LogP contribution in [0.3, 0.4) is 0 Å². The standard InChI is InChI=1S/C11H8Cl2N2O2S/c12-5-1-2-6(7(13)3-5)10-15-8(4-18-10)9(14)11(16)17/h1-4,9H,14H2,(H,16,17). The van der Waals surface area contributed by atoms with Crippen molar-refractivity contribution in [2.45, 2.75) is 6.04 Å². The van der Waals surface area contributed by atoms with E-state index in [0.29, 0.717) is 26.3 Å². The number of hydrogen-bond acceptors (Lipinski definition) is 4. The van der Waals surface area contributed by atoms with Gasteiger partial charge in [0.05, 0.1) is 10.7 Å². The van der Waals surface area contributed by atoms with Gasteiger partial charge in [0.25, 0.3) is 0 Å². The average molecular weight is 303 g/mol. The van der Waals surface area contributed by atoms with Gasteiger partial charge in [0.2, 0.25) is 0 Å². The molecule has 1 aromatic heterocycles. The largest absolute Gasteiger partial charge is 0.480 e. The lowest BCUT2D eigenvalue weighted by molar-refractivity contribution is -0.138. The summed E-state index contributed by atoms with van der Waals surface area (Å²) in [6.45, 7) is 0. The Bertz CT molecular complexity index is 600. The number of benzene rings is 1. The summed E-state index contributed by atoms with van der Waals surface area (Å²) in [5.41, 5.74) is 6.50. The molecular weight excluding hydrogens is 295 g/mol. The fourth-order valence-electron chi connectivity index (χ4n) is 1.34. The summed E-state index contributed by atoms with van der Waals surface area (Å²) < 4.78 is 0. The van der Waals surface area contributed by atoms with Gasteiger partial charge in [-0.05, 0) is 18.2 Å². The van der Waals surface area contributed by atoms with E-state index < -0.39 is 12.0 Å². The van der Waals surface area contributed by atoms with Gasteiger partial charge in [-0.3, -0.25) is 4.79 Å². The molecule has 0 aliphatic rings. The first-order chi connectivity index (χ1) is 8.49. The molecule has 1 atom stereocenters. The average Bonchev–Trinajstić information content (AvgIpc) is 2.77. The highest BCUT2D eigenvalue weighted by Gasteiger charge is 2.18. The van der Waals surface area contributed by atoms with Crippen molar-refractivity contribution in [1.82, 2.24) is 4.98 Å². The molecule has 0 amide bonds. The topological polar surface area (TPSA) is 76.2 Å². The highest BCUT2D eigenvalue weighted by Crippen LogP contribution is 2.33. The number of aliphatic carboxylic acids is 1. The summed E-state index contributed by atoms with van der Waals surface area (Å²) >= 11 is 13.1. The van der Waals surface area contributed by atoms with E-state index in [9.17, 15) is 4.79 Å². The predicted octanol–water partition coefficient (Wildman–Crippen LogP) is 3.20. The molecule has 1 unspecified atom stereocenters. The van der Waals surface area contributed by atoms with Crippen LogP contribution in [0.4, 0.5) is 0 Å². The van der Waals surface area contributed by atoms with Crippen molar-refractivity contribution in [2.75, 3.05) is 0 Å². The smallest absolute Gasteiger partial charge is 0.326 e. The molecule has 0 aliphatic heterocycles. The molecule has 18 heavy (non-hydrogen) atoms. The highest BCUT2D eigenvalue weighted by molar-refractivity contribution is 7.13.